The zero-order valence-electron chi connectivity index (χ0n) is 16.3. The Balaban J connectivity index is 1.62. The number of H-pyrrole nitrogens is 1. The maximum atomic E-state index is 12.1. The summed E-state index contributed by atoms with van der Waals surface area (Å²) in [7, 11) is 0. The minimum atomic E-state index is -0.328. The van der Waals surface area contributed by atoms with Gasteiger partial charge in [0.05, 0.1) is 11.3 Å². The van der Waals surface area contributed by atoms with Crippen LogP contribution < -0.4 is 15.8 Å². The molecule has 1 aliphatic heterocycles. The Morgan fingerprint density at radius 3 is 2.48 bits per heavy atom. The number of pyridine rings is 1. The predicted octanol–water partition coefficient (Wildman–Crippen LogP) is 3.93. The Bertz CT molecular complexity index is 1110. The third-order valence-corrected chi connectivity index (χ3v) is 5.61. The number of aromatic nitrogens is 1. The summed E-state index contributed by atoms with van der Waals surface area (Å²) in [5.74, 6) is -0.190. The van der Waals surface area contributed by atoms with Gasteiger partial charge in [-0.3, -0.25) is 14.8 Å². The SMILES string of the molecule is CC1CN(c2ccc(N=Cc3c(O)[nH]c(=O)c4ccc(Br)cc34)cc2)CC(C)N1. The van der Waals surface area contributed by atoms with Gasteiger partial charge in [0.2, 0.25) is 5.88 Å². The Hall–Kier alpha value is -2.64. The first kappa shape index (κ1) is 19.7. The number of benzene rings is 2. The van der Waals surface area contributed by atoms with Crippen molar-refractivity contribution in [3.05, 3.63) is 62.9 Å². The largest absolute Gasteiger partial charge is 0.494 e. The fraction of sp³-hybridized carbons (Fsp3) is 0.273. The lowest BCUT2D eigenvalue weighted by molar-refractivity contribution is 0.407. The number of halogens is 1. The maximum Gasteiger partial charge on any atom is 0.258 e. The quantitative estimate of drug-likeness (QED) is 0.523. The first-order valence-electron chi connectivity index (χ1n) is 9.60. The number of nitrogens with one attached hydrogen (secondary N) is 2. The van der Waals surface area contributed by atoms with Crippen LogP contribution in [0.15, 0.2) is 56.7 Å². The van der Waals surface area contributed by atoms with Crippen molar-refractivity contribution < 1.29 is 5.11 Å². The number of hydrogen-bond acceptors (Lipinski definition) is 5. The second-order valence-electron chi connectivity index (χ2n) is 7.55. The number of aromatic hydroxyl groups is 1. The van der Waals surface area contributed by atoms with E-state index in [2.05, 4.69) is 62.1 Å². The maximum absolute atomic E-state index is 12.1. The monoisotopic (exact) mass is 454 g/mol. The molecule has 0 saturated carbocycles. The van der Waals surface area contributed by atoms with Crippen LogP contribution in [0, 0.1) is 0 Å². The van der Waals surface area contributed by atoms with Gasteiger partial charge in [-0.25, -0.2) is 0 Å². The van der Waals surface area contributed by atoms with Crippen LogP contribution in [-0.4, -0.2) is 41.5 Å². The first-order chi connectivity index (χ1) is 13.9. The number of nitrogens with zero attached hydrogens (tertiary/aromatic N) is 2. The Morgan fingerprint density at radius 2 is 1.79 bits per heavy atom. The van der Waals surface area contributed by atoms with Gasteiger partial charge >= 0.3 is 0 Å². The molecule has 2 atom stereocenters. The molecular formula is C22H23BrN4O2. The zero-order chi connectivity index (χ0) is 20.5. The molecule has 1 aromatic heterocycles. The van der Waals surface area contributed by atoms with E-state index in [9.17, 15) is 9.90 Å². The smallest absolute Gasteiger partial charge is 0.258 e. The van der Waals surface area contributed by atoms with E-state index in [-0.39, 0.29) is 11.4 Å². The summed E-state index contributed by atoms with van der Waals surface area (Å²) in [5, 5.41) is 14.9. The minimum absolute atomic E-state index is 0.190. The summed E-state index contributed by atoms with van der Waals surface area (Å²) in [6.07, 6.45) is 1.59. The van der Waals surface area contributed by atoms with Gasteiger partial charge < -0.3 is 15.3 Å². The average molecular weight is 455 g/mol. The predicted molar refractivity (Wildman–Crippen MR) is 122 cm³/mol. The van der Waals surface area contributed by atoms with Gasteiger partial charge in [-0.05, 0) is 56.3 Å². The topological polar surface area (TPSA) is 80.7 Å². The fourth-order valence-electron chi connectivity index (χ4n) is 3.86. The number of fused-ring (bicyclic) bond motifs is 1. The summed E-state index contributed by atoms with van der Waals surface area (Å²) >= 11 is 3.42. The molecule has 2 unspecified atom stereocenters. The molecule has 3 aromatic rings. The van der Waals surface area contributed by atoms with Crippen LogP contribution in [0.4, 0.5) is 11.4 Å². The summed E-state index contributed by atoms with van der Waals surface area (Å²) in [6.45, 7) is 6.33. The Kier molecular flexibility index (Phi) is 5.43. The molecular weight excluding hydrogens is 432 g/mol. The molecule has 29 heavy (non-hydrogen) atoms. The average Bonchev–Trinajstić information content (AvgIpc) is 2.67. The van der Waals surface area contributed by atoms with Crippen LogP contribution in [0.2, 0.25) is 0 Å². The van der Waals surface area contributed by atoms with Crippen LogP contribution in [0.25, 0.3) is 10.8 Å². The molecule has 1 fully saturated rings. The van der Waals surface area contributed by atoms with E-state index in [1.54, 1.807) is 18.3 Å². The molecule has 0 aliphatic carbocycles. The van der Waals surface area contributed by atoms with Gasteiger partial charge in [-0.1, -0.05) is 15.9 Å². The van der Waals surface area contributed by atoms with Crippen molar-refractivity contribution >= 4 is 44.3 Å². The number of piperazine rings is 1. The molecule has 1 saturated heterocycles. The lowest BCUT2D eigenvalue weighted by Gasteiger charge is -2.37. The van der Waals surface area contributed by atoms with Gasteiger partial charge in [-0.15, -0.1) is 0 Å². The molecule has 1 aliphatic rings. The van der Waals surface area contributed by atoms with Crippen molar-refractivity contribution in [2.24, 2.45) is 4.99 Å². The van der Waals surface area contributed by atoms with Crippen molar-refractivity contribution in [2.75, 3.05) is 18.0 Å². The fourth-order valence-corrected chi connectivity index (χ4v) is 4.23. The van der Waals surface area contributed by atoms with E-state index >= 15 is 0 Å². The highest BCUT2D eigenvalue weighted by Gasteiger charge is 2.20. The van der Waals surface area contributed by atoms with E-state index < -0.39 is 0 Å². The van der Waals surface area contributed by atoms with Gasteiger partial charge in [0.25, 0.3) is 5.56 Å². The Morgan fingerprint density at radius 1 is 1.10 bits per heavy atom. The molecule has 6 nitrogen and oxygen atoms in total. The molecule has 2 aromatic carbocycles. The zero-order valence-corrected chi connectivity index (χ0v) is 17.9. The molecule has 150 valence electrons. The third-order valence-electron chi connectivity index (χ3n) is 5.12. The Labute approximate surface area is 177 Å². The van der Waals surface area contributed by atoms with Crippen LogP contribution in [0.1, 0.15) is 19.4 Å². The van der Waals surface area contributed by atoms with Crippen LogP contribution in [0.3, 0.4) is 0 Å². The van der Waals surface area contributed by atoms with Crippen LogP contribution in [0.5, 0.6) is 5.88 Å². The second kappa shape index (κ2) is 8.00. The number of anilines is 1. The van der Waals surface area contributed by atoms with E-state index in [0.717, 1.165) is 23.2 Å². The van der Waals surface area contributed by atoms with Gasteiger partial charge in [0, 0.05) is 52.3 Å². The van der Waals surface area contributed by atoms with Crippen molar-refractivity contribution in [2.45, 2.75) is 25.9 Å². The third kappa shape index (κ3) is 4.21. The van der Waals surface area contributed by atoms with Gasteiger partial charge in [0.15, 0.2) is 0 Å². The van der Waals surface area contributed by atoms with Gasteiger partial charge in [0.1, 0.15) is 0 Å². The molecule has 2 heterocycles. The summed E-state index contributed by atoms with van der Waals surface area (Å²) in [6, 6.07) is 14.3. The van der Waals surface area contributed by atoms with Crippen LogP contribution >= 0.6 is 15.9 Å². The van der Waals surface area contributed by atoms with Gasteiger partial charge in [-0.2, -0.15) is 0 Å². The molecule has 0 amide bonds. The number of hydrogen-bond donors (Lipinski definition) is 3. The van der Waals surface area contributed by atoms with E-state index in [0.29, 0.717) is 28.4 Å². The van der Waals surface area contributed by atoms with Crippen molar-refractivity contribution in [1.29, 1.82) is 0 Å². The normalized spacial score (nSPS) is 19.9. The molecule has 0 radical (unpaired) electrons. The number of aromatic amines is 1. The van der Waals surface area contributed by atoms with E-state index in [4.69, 9.17) is 0 Å². The molecule has 4 rings (SSSR count). The van der Waals surface area contributed by atoms with E-state index in [1.807, 2.05) is 18.2 Å². The number of rotatable bonds is 3. The molecule has 0 bridgehead atoms. The van der Waals surface area contributed by atoms with Crippen molar-refractivity contribution in [3.8, 4) is 5.88 Å². The lowest BCUT2D eigenvalue weighted by atomic mass is 10.1. The molecule has 7 heteroatoms. The highest BCUT2D eigenvalue weighted by atomic mass is 79.9. The number of aliphatic imine (C=N–C) groups is 1. The van der Waals surface area contributed by atoms with Crippen LogP contribution in [-0.2, 0) is 0 Å². The summed E-state index contributed by atoms with van der Waals surface area (Å²) in [5.41, 5.74) is 2.10. The first-order valence-corrected chi connectivity index (χ1v) is 10.4. The van der Waals surface area contributed by atoms with E-state index in [1.165, 1.54) is 5.69 Å². The summed E-state index contributed by atoms with van der Waals surface area (Å²) in [4.78, 5) is 21.4. The second-order valence-corrected chi connectivity index (χ2v) is 8.47. The molecule has 3 N–H and O–H groups in total. The van der Waals surface area contributed by atoms with Crippen molar-refractivity contribution in [3.63, 3.8) is 0 Å². The minimum Gasteiger partial charge on any atom is -0.494 e. The highest BCUT2D eigenvalue weighted by molar-refractivity contribution is 9.10. The molecule has 0 spiro atoms. The van der Waals surface area contributed by atoms with Crippen molar-refractivity contribution in [1.82, 2.24) is 10.3 Å². The highest BCUT2D eigenvalue weighted by Crippen LogP contribution is 2.26. The lowest BCUT2D eigenvalue weighted by Crippen LogP contribution is -2.54. The summed E-state index contributed by atoms with van der Waals surface area (Å²) < 4.78 is 0.827. The standard InChI is InChI=1S/C22H23BrN4O2/c1-13-11-27(12-14(2)25-13)17-6-4-16(5-7-17)24-10-20-19-9-15(23)3-8-18(19)21(28)26-22(20)29/h3-10,13-14,25H,11-12H2,1-2H3,(H2,26,28,29).